The van der Waals surface area contributed by atoms with Crippen LogP contribution in [0, 0.1) is 5.92 Å². The standard InChI is InChI=1S/C12H25NO/c1-11-7-3-4-8-12(11)13-9-5-6-10-14-2/h11-13H,3-10H2,1-2H3/t11-,12-/m1/s1. The summed E-state index contributed by atoms with van der Waals surface area (Å²) in [5, 5.41) is 3.67. The molecule has 1 saturated carbocycles. The molecule has 1 fully saturated rings. The van der Waals surface area contributed by atoms with E-state index in [0.717, 1.165) is 18.6 Å². The second-order valence-electron chi connectivity index (χ2n) is 4.52. The fourth-order valence-electron chi connectivity index (χ4n) is 2.28. The Morgan fingerprint density at radius 3 is 2.71 bits per heavy atom. The van der Waals surface area contributed by atoms with E-state index in [9.17, 15) is 0 Å². The van der Waals surface area contributed by atoms with Crippen molar-refractivity contribution in [3.05, 3.63) is 0 Å². The van der Waals surface area contributed by atoms with Crippen LogP contribution in [0.5, 0.6) is 0 Å². The molecule has 0 unspecified atom stereocenters. The molecule has 0 radical (unpaired) electrons. The molecule has 0 bridgehead atoms. The maximum atomic E-state index is 5.03. The summed E-state index contributed by atoms with van der Waals surface area (Å²) in [4.78, 5) is 0. The van der Waals surface area contributed by atoms with E-state index in [4.69, 9.17) is 4.74 Å². The Morgan fingerprint density at radius 1 is 1.21 bits per heavy atom. The number of hydrogen-bond donors (Lipinski definition) is 1. The molecule has 0 aromatic rings. The molecule has 0 spiro atoms. The van der Waals surface area contributed by atoms with Crippen molar-refractivity contribution in [1.29, 1.82) is 0 Å². The maximum Gasteiger partial charge on any atom is 0.0462 e. The molecule has 1 N–H and O–H groups in total. The highest BCUT2D eigenvalue weighted by atomic mass is 16.5. The lowest BCUT2D eigenvalue weighted by atomic mass is 9.86. The molecular formula is C12H25NO. The monoisotopic (exact) mass is 199 g/mol. The highest BCUT2D eigenvalue weighted by Crippen LogP contribution is 2.23. The van der Waals surface area contributed by atoms with Crippen molar-refractivity contribution < 1.29 is 4.74 Å². The van der Waals surface area contributed by atoms with Crippen LogP contribution in [0.15, 0.2) is 0 Å². The van der Waals surface area contributed by atoms with Crippen LogP contribution < -0.4 is 5.32 Å². The van der Waals surface area contributed by atoms with Crippen LogP contribution in [-0.2, 0) is 4.74 Å². The molecule has 2 atom stereocenters. The SMILES string of the molecule is COCCCCN[C@@H]1CCCC[C@H]1C. The molecule has 0 aromatic carbocycles. The van der Waals surface area contributed by atoms with Gasteiger partial charge >= 0.3 is 0 Å². The van der Waals surface area contributed by atoms with Crippen molar-refractivity contribution in [1.82, 2.24) is 5.32 Å². The van der Waals surface area contributed by atoms with Gasteiger partial charge in [-0.2, -0.15) is 0 Å². The average molecular weight is 199 g/mol. The van der Waals surface area contributed by atoms with Gasteiger partial charge in [-0.3, -0.25) is 0 Å². The highest BCUT2D eigenvalue weighted by Gasteiger charge is 2.19. The summed E-state index contributed by atoms with van der Waals surface area (Å²) < 4.78 is 5.03. The molecule has 1 rings (SSSR count). The molecule has 1 aliphatic carbocycles. The van der Waals surface area contributed by atoms with Gasteiger partial charge in [0.05, 0.1) is 0 Å². The molecule has 0 heterocycles. The Bertz CT molecular complexity index is 138. The summed E-state index contributed by atoms with van der Waals surface area (Å²) in [5.74, 6) is 0.881. The molecule has 14 heavy (non-hydrogen) atoms. The lowest BCUT2D eigenvalue weighted by Gasteiger charge is -2.29. The molecule has 0 amide bonds. The summed E-state index contributed by atoms with van der Waals surface area (Å²) in [7, 11) is 1.77. The number of hydrogen-bond acceptors (Lipinski definition) is 2. The number of ether oxygens (including phenoxy) is 1. The Kier molecular flexibility index (Phi) is 6.20. The summed E-state index contributed by atoms with van der Waals surface area (Å²) in [6.07, 6.45) is 8.08. The predicted octanol–water partition coefficient (Wildman–Crippen LogP) is 2.58. The lowest BCUT2D eigenvalue weighted by molar-refractivity contribution is 0.191. The minimum absolute atomic E-state index is 0.784. The van der Waals surface area contributed by atoms with Gasteiger partial charge in [-0.25, -0.2) is 0 Å². The first-order valence-electron chi connectivity index (χ1n) is 6.07. The van der Waals surface area contributed by atoms with Crippen LogP contribution in [0.25, 0.3) is 0 Å². The number of rotatable bonds is 6. The third kappa shape index (κ3) is 4.43. The van der Waals surface area contributed by atoms with E-state index < -0.39 is 0 Å². The van der Waals surface area contributed by atoms with Crippen molar-refractivity contribution in [2.75, 3.05) is 20.3 Å². The van der Waals surface area contributed by atoms with E-state index in [1.807, 2.05) is 0 Å². The molecule has 84 valence electrons. The second-order valence-corrected chi connectivity index (χ2v) is 4.52. The van der Waals surface area contributed by atoms with E-state index in [0.29, 0.717) is 0 Å². The fraction of sp³-hybridized carbons (Fsp3) is 1.00. The smallest absolute Gasteiger partial charge is 0.0462 e. The van der Waals surface area contributed by atoms with Gasteiger partial charge in [0.25, 0.3) is 0 Å². The van der Waals surface area contributed by atoms with E-state index in [-0.39, 0.29) is 0 Å². The molecule has 2 heteroatoms. The Morgan fingerprint density at radius 2 is 2.00 bits per heavy atom. The first-order chi connectivity index (χ1) is 6.84. The van der Waals surface area contributed by atoms with Crippen molar-refractivity contribution in [2.24, 2.45) is 5.92 Å². The minimum atomic E-state index is 0.784. The third-order valence-electron chi connectivity index (χ3n) is 3.29. The molecule has 0 aromatic heterocycles. The Balaban J connectivity index is 1.99. The van der Waals surface area contributed by atoms with Crippen LogP contribution in [0.2, 0.25) is 0 Å². The van der Waals surface area contributed by atoms with Gasteiger partial charge in [-0.05, 0) is 38.1 Å². The predicted molar refractivity (Wildman–Crippen MR) is 60.5 cm³/mol. The third-order valence-corrected chi connectivity index (χ3v) is 3.29. The Labute approximate surface area is 88.4 Å². The largest absolute Gasteiger partial charge is 0.385 e. The first-order valence-corrected chi connectivity index (χ1v) is 6.07. The van der Waals surface area contributed by atoms with Crippen LogP contribution in [0.1, 0.15) is 45.4 Å². The minimum Gasteiger partial charge on any atom is -0.385 e. The van der Waals surface area contributed by atoms with Gasteiger partial charge < -0.3 is 10.1 Å². The van der Waals surface area contributed by atoms with E-state index in [2.05, 4.69) is 12.2 Å². The van der Waals surface area contributed by atoms with E-state index in [1.54, 1.807) is 7.11 Å². The van der Waals surface area contributed by atoms with Gasteiger partial charge in [-0.1, -0.05) is 19.8 Å². The molecule has 0 saturated heterocycles. The summed E-state index contributed by atoms with van der Waals surface area (Å²) in [5.41, 5.74) is 0. The fourth-order valence-corrected chi connectivity index (χ4v) is 2.28. The van der Waals surface area contributed by atoms with Gasteiger partial charge in [0, 0.05) is 19.8 Å². The first kappa shape index (κ1) is 12.0. The zero-order chi connectivity index (χ0) is 10.2. The normalized spacial score (nSPS) is 27.9. The van der Waals surface area contributed by atoms with Crippen molar-refractivity contribution in [3.63, 3.8) is 0 Å². The second kappa shape index (κ2) is 7.24. The van der Waals surface area contributed by atoms with Crippen LogP contribution >= 0.6 is 0 Å². The molecule has 0 aliphatic heterocycles. The van der Waals surface area contributed by atoms with E-state index >= 15 is 0 Å². The number of unbranched alkanes of at least 4 members (excludes halogenated alkanes) is 1. The zero-order valence-corrected chi connectivity index (χ0v) is 9.72. The topological polar surface area (TPSA) is 21.3 Å². The summed E-state index contributed by atoms with van der Waals surface area (Å²) in [6, 6.07) is 0.784. The molecule has 2 nitrogen and oxygen atoms in total. The van der Waals surface area contributed by atoms with Crippen LogP contribution in [0.4, 0.5) is 0 Å². The summed E-state index contributed by atoms with van der Waals surface area (Å²) >= 11 is 0. The van der Waals surface area contributed by atoms with Gasteiger partial charge in [0.1, 0.15) is 0 Å². The van der Waals surface area contributed by atoms with Crippen molar-refractivity contribution in [2.45, 2.75) is 51.5 Å². The number of nitrogens with one attached hydrogen (secondary N) is 1. The van der Waals surface area contributed by atoms with Crippen molar-refractivity contribution >= 4 is 0 Å². The van der Waals surface area contributed by atoms with Gasteiger partial charge in [0.15, 0.2) is 0 Å². The van der Waals surface area contributed by atoms with Crippen molar-refractivity contribution in [3.8, 4) is 0 Å². The van der Waals surface area contributed by atoms with Gasteiger partial charge in [0.2, 0.25) is 0 Å². The molecule has 1 aliphatic rings. The van der Waals surface area contributed by atoms with Crippen LogP contribution in [0.3, 0.4) is 0 Å². The highest BCUT2D eigenvalue weighted by molar-refractivity contribution is 4.77. The zero-order valence-electron chi connectivity index (χ0n) is 9.72. The van der Waals surface area contributed by atoms with E-state index in [1.165, 1.54) is 45.1 Å². The molecular weight excluding hydrogens is 174 g/mol. The Hall–Kier alpha value is -0.0800. The van der Waals surface area contributed by atoms with Gasteiger partial charge in [-0.15, -0.1) is 0 Å². The quantitative estimate of drug-likeness (QED) is 0.664. The van der Waals surface area contributed by atoms with Crippen LogP contribution in [-0.4, -0.2) is 26.3 Å². The summed E-state index contributed by atoms with van der Waals surface area (Å²) in [6.45, 7) is 4.45. The lowest BCUT2D eigenvalue weighted by Crippen LogP contribution is -2.37. The number of methoxy groups -OCH3 is 1. The average Bonchev–Trinajstić information content (AvgIpc) is 2.20. The maximum absolute atomic E-state index is 5.03.